The molecule has 1 atom stereocenters. The Labute approximate surface area is 137 Å². The minimum absolute atomic E-state index is 0.165. The summed E-state index contributed by atoms with van der Waals surface area (Å²) in [6, 6.07) is 11.4. The Hall–Kier alpha value is -1.79. The molecule has 1 aliphatic heterocycles. The zero-order valence-corrected chi connectivity index (χ0v) is 13.7. The van der Waals surface area contributed by atoms with Gasteiger partial charge in [-0.3, -0.25) is 9.00 Å². The lowest BCUT2D eigenvalue weighted by Gasteiger charge is -2.01. The maximum atomic E-state index is 13.1. The van der Waals surface area contributed by atoms with Crippen LogP contribution in [0.25, 0.3) is 5.57 Å². The average Bonchev–Trinajstić information content (AvgIpc) is 2.75. The van der Waals surface area contributed by atoms with Gasteiger partial charge in [0.1, 0.15) is 5.82 Å². The van der Waals surface area contributed by atoms with E-state index in [-0.39, 0.29) is 17.5 Å². The van der Waals surface area contributed by atoms with Gasteiger partial charge in [0.15, 0.2) is 0 Å². The summed E-state index contributed by atoms with van der Waals surface area (Å²) >= 11 is 3.36. The molecule has 0 radical (unpaired) electrons. The van der Waals surface area contributed by atoms with Gasteiger partial charge in [-0.05, 0) is 35.9 Å². The molecule has 1 unspecified atom stereocenters. The molecule has 22 heavy (non-hydrogen) atoms. The van der Waals surface area contributed by atoms with Gasteiger partial charge in [0.05, 0.1) is 22.1 Å². The second kappa shape index (κ2) is 6.14. The van der Waals surface area contributed by atoms with E-state index in [1.165, 1.54) is 17.5 Å². The van der Waals surface area contributed by atoms with E-state index in [0.29, 0.717) is 22.4 Å². The molecular formula is C16H11BrFNO2S. The predicted octanol–water partition coefficient (Wildman–Crippen LogP) is 3.83. The van der Waals surface area contributed by atoms with Gasteiger partial charge in [0.25, 0.3) is 5.91 Å². The fourth-order valence-electron chi connectivity index (χ4n) is 2.24. The molecule has 0 aliphatic carbocycles. The number of amides is 1. The third-order valence-electron chi connectivity index (χ3n) is 3.21. The van der Waals surface area contributed by atoms with Crippen molar-refractivity contribution in [3.8, 4) is 0 Å². The number of carbonyl (C=O) groups excluding carboxylic acids is 1. The molecule has 1 aliphatic rings. The zero-order chi connectivity index (χ0) is 15.7. The molecule has 2 aromatic carbocycles. The van der Waals surface area contributed by atoms with E-state index in [1.807, 2.05) is 6.07 Å². The van der Waals surface area contributed by atoms with Crippen LogP contribution in [0.4, 0.5) is 10.1 Å². The van der Waals surface area contributed by atoms with Crippen molar-refractivity contribution in [1.82, 2.24) is 0 Å². The number of hydrogen-bond acceptors (Lipinski definition) is 2. The molecule has 1 N–H and O–H groups in total. The van der Waals surface area contributed by atoms with Crippen molar-refractivity contribution >= 4 is 43.9 Å². The first-order valence-corrected chi connectivity index (χ1v) is 8.65. The van der Waals surface area contributed by atoms with Crippen LogP contribution in [0.3, 0.4) is 0 Å². The fourth-order valence-corrected chi connectivity index (χ4v) is 3.69. The molecule has 3 nitrogen and oxygen atoms in total. The van der Waals surface area contributed by atoms with Gasteiger partial charge in [-0.15, -0.1) is 0 Å². The van der Waals surface area contributed by atoms with Crippen LogP contribution in [0, 0.1) is 5.82 Å². The average molecular weight is 380 g/mol. The van der Waals surface area contributed by atoms with E-state index >= 15 is 0 Å². The summed E-state index contributed by atoms with van der Waals surface area (Å²) in [6.45, 7) is 0. The van der Waals surface area contributed by atoms with Crippen molar-refractivity contribution in [1.29, 1.82) is 0 Å². The van der Waals surface area contributed by atoms with Crippen LogP contribution in [0.2, 0.25) is 0 Å². The van der Waals surface area contributed by atoms with Crippen molar-refractivity contribution in [2.24, 2.45) is 0 Å². The number of fused-ring (bicyclic) bond motifs is 1. The summed E-state index contributed by atoms with van der Waals surface area (Å²) in [5.74, 6) is -0.478. The standard InChI is InChI=1S/C16H11BrFNO2S/c17-11-4-5-15-13(7-11)14(16(20)19-15)9-22(21)8-10-2-1-3-12(18)6-10/h1-7,9H,8H2,(H,19,20). The van der Waals surface area contributed by atoms with Crippen molar-refractivity contribution in [2.45, 2.75) is 5.75 Å². The number of anilines is 1. The van der Waals surface area contributed by atoms with Crippen LogP contribution in [0.5, 0.6) is 0 Å². The molecule has 0 fully saturated rings. The van der Waals surface area contributed by atoms with E-state index < -0.39 is 10.8 Å². The second-order valence-corrected chi connectivity index (χ2v) is 7.03. The normalized spacial score (nSPS) is 16.5. The molecule has 0 aromatic heterocycles. The molecule has 1 heterocycles. The lowest BCUT2D eigenvalue weighted by Crippen LogP contribution is -2.05. The third-order valence-corrected chi connectivity index (χ3v) is 4.82. The lowest BCUT2D eigenvalue weighted by atomic mass is 10.1. The number of halogens is 2. The summed E-state index contributed by atoms with van der Waals surface area (Å²) in [6.07, 6.45) is 0. The Morgan fingerprint density at radius 2 is 2.05 bits per heavy atom. The third kappa shape index (κ3) is 3.18. The molecule has 0 spiro atoms. The highest BCUT2D eigenvalue weighted by Gasteiger charge is 2.24. The van der Waals surface area contributed by atoms with Crippen molar-refractivity contribution in [3.05, 3.63) is 69.3 Å². The maximum absolute atomic E-state index is 13.1. The first-order valence-electron chi connectivity index (χ1n) is 6.47. The number of rotatable bonds is 3. The Balaban J connectivity index is 1.88. The summed E-state index contributed by atoms with van der Waals surface area (Å²) in [4.78, 5) is 12.0. The SMILES string of the molecule is O=C1Nc2ccc(Br)cc2C1=CS(=O)Cc1cccc(F)c1. The molecule has 1 amide bonds. The summed E-state index contributed by atoms with van der Waals surface area (Å²) < 4.78 is 26.2. The largest absolute Gasteiger partial charge is 0.321 e. The van der Waals surface area contributed by atoms with E-state index in [1.54, 1.807) is 24.3 Å². The van der Waals surface area contributed by atoms with Gasteiger partial charge >= 0.3 is 0 Å². The Morgan fingerprint density at radius 1 is 1.23 bits per heavy atom. The van der Waals surface area contributed by atoms with Gasteiger partial charge in [0.2, 0.25) is 0 Å². The number of carbonyl (C=O) groups is 1. The highest BCUT2D eigenvalue weighted by atomic mass is 79.9. The molecule has 112 valence electrons. The fraction of sp³-hybridized carbons (Fsp3) is 0.0625. The van der Waals surface area contributed by atoms with Crippen LogP contribution < -0.4 is 5.32 Å². The molecule has 2 aromatic rings. The van der Waals surface area contributed by atoms with Gasteiger partial charge < -0.3 is 5.32 Å². The van der Waals surface area contributed by atoms with Crippen molar-refractivity contribution in [3.63, 3.8) is 0 Å². The Bertz CT molecular complexity index is 820. The van der Waals surface area contributed by atoms with E-state index in [2.05, 4.69) is 21.2 Å². The first-order chi connectivity index (χ1) is 10.5. The summed E-state index contributed by atoms with van der Waals surface area (Å²) in [7, 11) is -1.41. The van der Waals surface area contributed by atoms with E-state index in [9.17, 15) is 13.4 Å². The van der Waals surface area contributed by atoms with Crippen LogP contribution in [-0.2, 0) is 21.3 Å². The van der Waals surface area contributed by atoms with Crippen LogP contribution in [-0.4, -0.2) is 10.1 Å². The monoisotopic (exact) mass is 379 g/mol. The van der Waals surface area contributed by atoms with Gasteiger partial charge in [-0.25, -0.2) is 4.39 Å². The highest BCUT2D eigenvalue weighted by molar-refractivity contribution is 9.10. The molecule has 0 saturated carbocycles. The van der Waals surface area contributed by atoms with Gasteiger partial charge in [-0.1, -0.05) is 28.1 Å². The second-order valence-electron chi connectivity index (χ2n) is 4.83. The molecule has 6 heteroatoms. The molecule has 0 saturated heterocycles. The quantitative estimate of drug-likeness (QED) is 0.823. The molecule has 0 bridgehead atoms. The minimum Gasteiger partial charge on any atom is -0.321 e. The molecule has 3 rings (SSSR count). The van der Waals surface area contributed by atoms with Gasteiger partial charge in [0, 0.05) is 21.1 Å². The van der Waals surface area contributed by atoms with E-state index in [0.717, 1.165) is 4.47 Å². The number of nitrogens with one attached hydrogen (secondary N) is 1. The highest BCUT2D eigenvalue weighted by Crippen LogP contribution is 2.34. The van der Waals surface area contributed by atoms with Crippen molar-refractivity contribution in [2.75, 3.05) is 5.32 Å². The zero-order valence-electron chi connectivity index (χ0n) is 11.3. The summed E-state index contributed by atoms with van der Waals surface area (Å²) in [5, 5.41) is 4.16. The Morgan fingerprint density at radius 3 is 2.82 bits per heavy atom. The maximum Gasteiger partial charge on any atom is 0.256 e. The van der Waals surface area contributed by atoms with Gasteiger partial charge in [-0.2, -0.15) is 0 Å². The lowest BCUT2D eigenvalue weighted by molar-refractivity contribution is -0.110. The number of benzene rings is 2. The predicted molar refractivity (Wildman–Crippen MR) is 89.0 cm³/mol. The minimum atomic E-state index is -1.41. The van der Waals surface area contributed by atoms with E-state index in [4.69, 9.17) is 0 Å². The molecular weight excluding hydrogens is 369 g/mol. The topological polar surface area (TPSA) is 46.2 Å². The smallest absolute Gasteiger partial charge is 0.256 e. The van der Waals surface area contributed by atoms with Crippen LogP contribution >= 0.6 is 15.9 Å². The van der Waals surface area contributed by atoms with Crippen molar-refractivity contribution < 1.29 is 13.4 Å². The Kier molecular flexibility index (Phi) is 4.22. The first kappa shape index (κ1) is 15.1. The summed E-state index contributed by atoms with van der Waals surface area (Å²) in [5.41, 5.74) is 2.42. The van der Waals surface area contributed by atoms with Crippen LogP contribution in [0.1, 0.15) is 11.1 Å². The number of hydrogen-bond donors (Lipinski definition) is 1. The van der Waals surface area contributed by atoms with Crippen LogP contribution in [0.15, 0.2) is 52.3 Å².